The van der Waals surface area contributed by atoms with Gasteiger partial charge in [0.15, 0.2) is 6.04 Å². The van der Waals surface area contributed by atoms with Crippen LogP contribution < -0.4 is 10.9 Å². The molecule has 9 nitrogen and oxygen atoms in total. The van der Waals surface area contributed by atoms with Crippen LogP contribution in [0.1, 0.15) is 17.2 Å². The quantitative estimate of drug-likeness (QED) is 0.536. The number of likely N-dealkylation sites (N-methyl/N-ethyl adjacent to an activating group) is 1. The molecule has 3 rings (SSSR count). The summed E-state index contributed by atoms with van der Waals surface area (Å²) >= 11 is 0. The zero-order chi connectivity index (χ0) is 22.4. The first-order valence-electron chi connectivity index (χ1n) is 9.45. The second-order valence-electron chi connectivity index (χ2n) is 6.91. The number of hydrazine groups is 1. The van der Waals surface area contributed by atoms with Crippen molar-refractivity contribution in [3.05, 3.63) is 84.2 Å². The van der Waals surface area contributed by atoms with Gasteiger partial charge in [0.05, 0.1) is 11.4 Å². The van der Waals surface area contributed by atoms with Crippen LogP contribution in [0.25, 0.3) is 0 Å². The van der Waals surface area contributed by atoms with Crippen LogP contribution in [-0.2, 0) is 19.6 Å². The lowest BCUT2D eigenvalue weighted by molar-refractivity contribution is -0.130. The fraction of sp³-hybridized carbons (Fsp3) is 0.190. The van der Waals surface area contributed by atoms with Crippen LogP contribution in [0.4, 0.5) is 0 Å². The van der Waals surface area contributed by atoms with Crippen molar-refractivity contribution in [2.45, 2.75) is 17.9 Å². The van der Waals surface area contributed by atoms with E-state index in [-0.39, 0.29) is 4.90 Å². The fourth-order valence-corrected chi connectivity index (χ4v) is 4.04. The second kappa shape index (κ2) is 9.54. The van der Waals surface area contributed by atoms with Crippen molar-refractivity contribution in [1.82, 2.24) is 24.9 Å². The van der Waals surface area contributed by atoms with E-state index in [4.69, 9.17) is 0 Å². The third-order valence-corrected chi connectivity index (χ3v) is 6.39. The van der Waals surface area contributed by atoms with Gasteiger partial charge in [0, 0.05) is 19.4 Å². The Morgan fingerprint density at radius 1 is 1.03 bits per heavy atom. The molecule has 1 atom stereocenters. The summed E-state index contributed by atoms with van der Waals surface area (Å²) in [7, 11) is -2.54. The van der Waals surface area contributed by atoms with Gasteiger partial charge in [-0.25, -0.2) is 8.42 Å². The van der Waals surface area contributed by atoms with E-state index < -0.39 is 34.4 Å². The molecule has 0 radical (unpaired) electrons. The number of carbonyl (C=O) groups is 2. The first kappa shape index (κ1) is 22.2. The molecule has 2 N–H and O–H groups in total. The van der Waals surface area contributed by atoms with Crippen LogP contribution in [-0.4, -0.2) is 47.9 Å². The molecule has 1 heterocycles. The molecule has 0 aliphatic heterocycles. The fourth-order valence-electron chi connectivity index (χ4n) is 2.91. The Morgan fingerprint density at radius 3 is 2.32 bits per heavy atom. The summed E-state index contributed by atoms with van der Waals surface area (Å²) in [5.41, 5.74) is 6.23. The van der Waals surface area contributed by atoms with Gasteiger partial charge in [0.25, 0.3) is 11.8 Å². The van der Waals surface area contributed by atoms with E-state index in [2.05, 4.69) is 16.0 Å². The van der Waals surface area contributed by atoms with E-state index >= 15 is 0 Å². The molecule has 1 aromatic heterocycles. The molecule has 0 aliphatic carbocycles. The maximum absolute atomic E-state index is 12.8. The van der Waals surface area contributed by atoms with Gasteiger partial charge in [0.2, 0.25) is 10.0 Å². The summed E-state index contributed by atoms with van der Waals surface area (Å²) in [6.07, 6.45) is 3.19. The average molecular weight is 442 g/mol. The number of aryl methyl sites for hydroxylation is 1. The van der Waals surface area contributed by atoms with Gasteiger partial charge in [-0.3, -0.25) is 25.1 Å². The lowest BCUT2D eigenvalue weighted by Gasteiger charge is -2.20. The number of rotatable bonds is 7. The van der Waals surface area contributed by atoms with Gasteiger partial charge in [0.1, 0.15) is 0 Å². The molecule has 3 aromatic rings. The number of nitrogens with zero attached hydrogens (tertiary/aromatic N) is 3. The van der Waals surface area contributed by atoms with E-state index in [0.29, 0.717) is 5.56 Å². The lowest BCUT2D eigenvalue weighted by atomic mass is 10.1. The van der Waals surface area contributed by atoms with E-state index in [1.165, 1.54) is 23.9 Å². The smallest absolute Gasteiger partial charge is 0.267 e. The van der Waals surface area contributed by atoms with Crippen LogP contribution in [0.3, 0.4) is 0 Å². The van der Waals surface area contributed by atoms with Gasteiger partial charge >= 0.3 is 0 Å². The molecule has 0 fully saturated rings. The highest BCUT2D eigenvalue weighted by Gasteiger charge is 2.25. The summed E-state index contributed by atoms with van der Waals surface area (Å²) in [6, 6.07) is 16.2. The Hall–Kier alpha value is -3.50. The Bertz CT molecular complexity index is 1130. The summed E-state index contributed by atoms with van der Waals surface area (Å²) in [5, 5.41) is 4.12. The van der Waals surface area contributed by atoms with Crippen molar-refractivity contribution in [2.75, 3.05) is 13.6 Å². The topological polar surface area (TPSA) is 113 Å². The highest BCUT2D eigenvalue weighted by Crippen LogP contribution is 2.17. The largest absolute Gasteiger partial charge is 0.272 e. The number of amides is 2. The van der Waals surface area contributed by atoms with Crippen molar-refractivity contribution >= 4 is 21.8 Å². The van der Waals surface area contributed by atoms with E-state index in [1.54, 1.807) is 54.9 Å². The molecule has 0 aliphatic rings. The third kappa shape index (κ3) is 5.36. The van der Waals surface area contributed by atoms with Gasteiger partial charge in [-0.2, -0.15) is 9.40 Å². The molecular weight excluding hydrogens is 418 g/mol. The minimum absolute atomic E-state index is 0.0836. The Labute approximate surface area is 180 Å². The van der Waals surface area contributed by atoms with Crippen LogP contribution in [0.15, 0.2) is 78.0 Å². The number of aromatic nitrogens is 2. The minimum atomic E-state index is -3.84. The summed E-state index contributed by atoms with van der Waals surface area (Å²) in [5.74, 6) is -1.20. The highest BCUT2D eigenvalue weighted by atomic mass is 32.2. The molecule has 10 heteroatoms. The minimum Gasteiger partial charge on any atom is -0.272 e. The van der Waals surface area contributed by atoms with Gasteiger partial charge < -0.3 is 0 Å². The second-order valence-corrected chi connectivity index (χ2v) is 8.96. The molecular formula is C21H23N5O4S. The SMILES string of the molecule is Cc1ccc(S(=O)(=O)N(C)CC(=O)NNC(=O)C(c2ccccc2)n2cccn2)cc1. The number of benzene rings is 2. The van der Waals surface area contributed by atoms with Crippen molar-refractivity contribution in [3.63, 3.8) is 0 Å². The maximum Gasteiger partial charge on any atom is 0.267 e. The van der Waals surface area contributed by atoms with E-state index in [0.717, 1.165) is 9.87 Å². The van der Waals surface area contributed by atoms with Crippen molar-refractivity contribution in [2.24, 2.45) is 0 Å². The highest BCUT2D eigenvalue weighted by molar-refractivity contribution is 7.89. The van der Waals surface area contributed by atoms with Gasteiger partial charge in [-0.05, 0) is 30.7 Å². The zero-order valence-electron chi connectivity index (χ0n) is 17.1. The summed E-state index contributed by atoms with van der Waals surface area (Å²) in [6.45, 7) is 1.39. The van der Waals surface area contributed by atoms with Crippen LogP contribution in [0.2, 0.25) is 0 Å². The number of hydrogen-bond donors (Lipinski definition) is 2. The normalized spacial score (nSPS) is 12.4. The van der Waals surface area contributed by atoms with E-state index in [9.17, 15) is 18.0 Å². The number of carbonyl (C=O) groups excluding carboxylic acids is 2. The van der Waals surface area contributed by atoms with Crippen LogP contribution in [0.5, 0.6) is 0 Å². The predicted octanol–water partition coefficient (Wildman–Crippen LogP) is 1.25. The summed E-state index contributed by atoms with van der Waals surface area (Å²) in [4.78, 5) is 25.1. The van der Waals surface area contributed by atoms with Crippen LogP contribution in [0, 0.1) is 6.92 Å². The number of sulfonamides is 1. The van der Waals surface area contributed by atoms with Crippen molar-refractivity contribution in [1.29, 1.82) is 0 Å². The van der Waals surface area contributed by atoms with Gasteiger partial charge in [-0.1, -0.05) is 48.0 Å². The molecule has 2 aromatic carbocycles. The average Bonchev–Trinajstić information content (AvgIpc) is 3.28. The van der Waals surface area contributed by atoms with Crippen molar-refractivity contribution in [3.8, 4) is 0 Å². The molecule has 1 unspecified atom stereocenters. The number of nitrogens with one attached hydrogen (secondary N) is 2. The predicted molar refractivity (Wildman–Crippen MR) is 114 cm³/mol. The Kier molecular flexibility index (Phi) is 6.83. The van der Waals surface area contributed by atoms with Crippen LogP contribution >= 0.6 is 0 Å². The molecule has 2 amide bonds. The first-order chi connectivity index (χ1) is 14.8. The third-order valence-electron chi connectivity index (χ3n) is 4.57. The molecule has 0 spiro atoms. The lowest BCUT2D eigenvalue weighted by Crippen LogP contribution is -2.49. The summed E-state index contributed by atoms with van der Waals surface area (Å²) < 4.78 is 27.6. The first-order valence-corrected chi connectivity index (χ1v) is 10.9. The van der Waals surface area contributed by atoms with E-state index in [1.807, 2.05) is 13.0 Å². The Morgan fingerprint density at radius 2 is 1.71 bits per heavy atom. The maximum atomic E-state index is 12.8. The van der Waals surface area contributed by atoms with Gasteiger partial charge in [-0.15, -0.1) is 0 Å². The zero-order valence-corrected chi connectivity index (χ0v) is 17.9. The molecule has 31 heavy (non-hydrogen) atoms. The molecule has 0 saturated carbocycles. The molecule has 0 bridgehead atoms. The Balaban J connectivity index is 1.64. The number of hydrogen-bond acceptors (Lipinski definition) is 5. The molecule has 162 valence electrons. The monoisotopic (exact) mass is 441 g/mol. The standard InChI is InChI=1S/C21H23N5O4S/c1-16-9-11-18(12-10-16)31(29,30)25(2)15-19(27)23-24-21(28)20(26-14-6-13-22-26)17-7-4-3-5-8-17/h3-14,20H,15H2,1-2H3,(H,23,27)(H,24,28). The van der Waals surface area contributed by atoms with Crippen molar-refractivity contribution < 1.29 is 18.0 Å². The molecule has 0 saturated heterocycles.